The molecule has 1 amide bonds. The Bertz CT molecular complexity index is 2740. The summed E-state index contributed by atoms with van der Waals surface area (Å²) in [6.07, 6.45) is -19.1. The fourth-order valence-electron chi connectivity index (χ4n) is 11.2. The van der Waals surface area contributed by atoms with Gasteiger partial charge >= 0.3 is 32.9 Å². The molecule has 4 aliphatic rings. The Morgan fingerprint density at radius 2 is 1.12 bits per heavy atom. The van der Waals surface area contributed by atoms with Gasteiger partial charge in [-0.3, -0.25) is 9.11 Å². The first-order valence-corrected chi connectivity index (χ1v) is 31.2. The van der Waals surface area contributed by atoms with Crippen LogP contribution in [-0.2, 0) is 101 Å². The van der Waals surface area contributed by atoms with E-state index in [0.717, 1.165) is 16.7 Å². The zero-order chi connectivity index (χ0) is 61.6. The number of hydrogen-bond acceptors (Lipinski definition) is 22. The molecule has 7 rings (SSSR count). The first-order chi connectivity index (χ1) is 40.5. The average molecular weight is 1240 g/mol. The van der Waals surface area contributed by atoms with Crippen LogP contribution in [0.25, 0.3) is 0 Å². The monoisotopic (exact) mass is 1240 g/mol. The zero-order valence-electron chi connectivity index (χ0n) is 48.3. The van der Waals surface area contributed by atoms with Gasteiger partial charge in [-0.05, 0) is 62.3 Å². The van der Waals surface area contributed by atoms with Gasteiger partial charge in [-0.1, -0.05) is 119 Å². The highest BCUT2D eigenvalue weighted by atomic mass is 32.3. The number of carboxylic acid groups (broad SMARTS) is 1. The van der Waals surface area contributed by atoms with Crippen LogP contribution in [0.4, 0.5) is 4.79 Å². The van der Waals surface area contributed by atoms with Crippen LogP contribution < -0.4 is 5.32 Å². The maximum atomic E-state index is 13.3. The Morgan fingerprint density at radius 3 is 1.67 bits per heavy atom. The Labute approximate surface area is 496 Å². The van der Waals surface area contributed by atoms with Gasteiger partial charge in [-0.15, -0.1) is 0 Å². The van der Waals surface area contributed by atoms with Gasteiger partial charge in [-0.25, -0.2) is 18.0 Å². The molecule has 476 valence electrons. The summed E-state index contributed by atoms with van der Waals surface area (Å²) in [6.45, 7) is 7.74. The summed E-state index contributed by atoms with van der Waals surface area (Å²) in [5.41, 5.74) is 2.55. The van der Waals surface area contributed by atoms with Crippen molar-refractivity contribution in [3.05, 3.63) is 108 Å². The van der Waals surface area contributed by atoms with Crippen LogP contribution in [0.2, 0.25) is 0 Å². The van der Waals surface area contributed by atoms with E-state index in [0.29, 0.717) is 38.8 Å². The third-order valence-electron chi connectivity index (χ3n) is 16.0. The van der Waals surface area contributed by atoms with E-state index in [4.69, 9.17) is 55.7 Å². The first-order valence-electron chi connectivity index (χ1n) is 28.5. The third-order valence-corrected chi connectivity index (χ3v) is 16.8. The summed E-state index contributed by atoms with van der Waals surface area (Å²) in [5.74, 6) is -4.47. The van der Waals surface area contributed by atoms with Gasteiger partial charge in [-0.2, -0.15) is 16.8 Å². The summed E-state index contributed by atoms with van der Waals surface area (Å²) >= 11 is 0. The number of amides is 1. The number of aliphatic hydroxyl groups excluding tert-OH is 3. The number of carboxylic acids is 1. The number of nitrogens with one attached hydrogen (secondary N) is 1. The van der Waals surface area contributed by atoms with Crippen molar-refractivity contribution >= 4 is 32.9 Å². The second-order valence-corrected chi connectivity index (χ2v) is 24.0. The summed E-state index contributed by atoms with van der Waals surface area (Å²) in [7, 11) is -8.58. The van der Waals surface area contributed by atoms with E-state index in [1.807, 2.05) is 73.7 Å². The van der Waals surface area contributed by atoms with E-state index in [9.17, 15) is 56.0 Å². The van der Waals surface area contributed by atoms with Crippen molar-refractivity contribution < 1.29 is 112 Å². The Kier molecular flexibility index (Phi) is 25.4. The number of aliphatic carboxylic acids is 1. The lowest BCUT2D eigenvalue weighted by Crippen LogP contribution is -2.66. The minimum absolute atomic E-state index is 0.0183. The van der Waals surface area contributed by atoms with Crippen LogP contribution in [0.15, 0.2) is 91.0 Å². The Balaban J connectivity index is 0.997. The van der Waals surface area contributed by atoms with Gasteiger partial charge in [0.15, 0.2) is 31.3 Å². The summed E-state index contributed by atoms with van der Waals surface area (Å²) in [5, 5.41) is 48.3. The summed E-state index contributed by atoms with van der Waals surface area (Å²) < 4.78 is 138. The quantitative estimate of drug-likeness (QED) is 0.0381. The highest BCUT2D eigenvalue weighted by Gasteiger charge is 2.55. The second kappa shape index (κ2) is 31.7. The molecule has 0 saturated carbocycles. The molecule has 7 N–H and O–H groups in total. The van der Waals surface area contributed by atoms with Crippen LogP contribution in [0.3, 0.4) is 0 Å². The van der Waals surface area contributed by atoms with Crippen LogP contribution in [0.1, 0.15) is 77.0 Å². The van der Waals surface area contributed by atoms with Gasteiger partial charge in [0.1, 0.15) is 49.3 Å². The lowest BCUT2D eigenvalue weighted by molar-refractivity contribution is -0.364. The van der Waals surface area contributed by atoms with Crippen molar-refractivity contribution in [1.29, 1.82) is 0 Å². The van der Waals surface area contributed by atoms with Crippen molar-refractivity contribution in [2.45, 2.75) is 178 Å². The molecule has 0 aromatic heterocycles. The molecular formula is C57H82N2O24S2. The van der Waals surface area contributed by atoms with Crippen LogP contribution in [0.5, 0.6) is 0 Å². The first kappa shape index (κ1) is 68.1. The van der Waals surface area contributed by atoms with E-state index >= 15 is 0 Å². The summed E-state index contributed by atoms with van der Waals surface area (Å²) in [6, 6.07) is 27.0. The van der Waals surface area contributed by atoms with E-state index in [1.54, 1.807) is 49.9 Å². The van der Waals surface area contributed by atoms with Gasteiger partial charge in [0.2, 0.25) is 0 Å². The fourth-order valence-corrected chi connectivity index (χ4v) is 11.9. The Hall–Kier alpha value is -4.38. The molecule has 3 aromatic rings. The predicted octanol–water partition coefficient (Wildman–Crippen LogP) is 4.00. The smallest absolute Gasteiger partial charge is 0.410 e. The van der Waals surface area contributed by atoms with Crippen molar-refractivity contribution in [1.82, 2.24) is 10.2 Å². The molecule has 20 atom stereocenters. The standard InChI is InChI=1S/C57H82N2O24S2/c1-7-40-33(2)47(41(31-75-84(66,67)68)78-53(40)72-27-19-11-18-26-59(28-37-20-12-8-13-21-37)57(65)74-30-39-24-16-10-17-25-39)80-55-44(60)35(4)49(51(83-55)52(63)64)82-54-43(58-6)34(3)48(42(79-54)32-76-85(69,70)71)81-56-46(62)50(45(61)36(5)77-56)73-29-38-22-14-9-15-23-38/h8-10,12-17,20-25,33-36,40-51,53-56,58,60-62H,7,11,18-19,26-32H2,1-6H3,(H,63,64)(H,66,67,68)(H,69,70,71)/t33-,34-,35-,36?,40?,41?,42?,43?,44?,45-,46?,47+,48+,49+,50-,51?,53+,54-,55-,56+/m1/s1. The van der Waals surface area contributed by atoms with Gasteiger partial charge in [0, 0.05) is 37.5 Å². The van der Waals surface area contributed by atoms with E-state index in [-0.39, 0.29) is 19.8 Å². The summed E-state index contributed by atoms with van der Waals surface area (Å²) in [4.78, 5) is 28.1. The number of likely N-dealkylation sites (N-methyl/N-ethyl adjacent to an activating group) is 1. The molecule has 4 fully saturated rings. The fraction of sp³-hybridized carbons (Fsp3) is 0.649. The lowest BCUT2D eigenvalue weighted by Gasteiger charge is -2.51. The van der Waals surface area contributed by atoms with E-state index in [2.05, 4.69) is 5.32 Å². The average Bonchev–Trinajstić information content (AvgIpc) is 2.51. The molecule has 0 spiro atoms. The Morgan fingerprint density at radius 1 is 0.588 bits per heavy atom. The molecule has 4 saturated heterocycles. The number of nitrogens with zero attached hydrogens (tertiary/aromatic N) is 1. The number of benzene rings is 3. The van der Waals surface area contributed by atoms with Gasteiger partial charge in [0.25, 0.3) is 0 Å². The molecule has 0 bridgehead atoms. The molecule has 28 heteroatoms. The SMILES string of the molecule is CCC1[C@@H](OCCCCCN(Cc2ccccc2)C(=O)OCc2ccccc2)OC(COS(=O)(=O)O)[C@@H](O[C@@H]2OC(C(=O)O)[C@@H](O[C@H]3OC(COS(=O)(=O)O)[C@@H](O[C@@H]4OC(C)[C@@H](O)[C@@H](OCc5ccccc5)C4O)[C@H](C)C3NC)[C@H](C)C2O)[C@@H]1C. The molecule has 0 radical (unpaired) electrons. The molecule has 0 aliphatic carbocycles. The molecular weight excluding hydrogens is 1160 g/mol. The van der Waals surface area contributed by atoms with Crippen LogP contribution in [0, 0.1) is 23.7 Å². The lowest BCUT2D eigenvalue weighted by atomic mass is 9.81. The molecule has 26 nitrogen and oxygen atoms in total. The van der Waals surface area contributed by atoms with Crippen molar-refractivity contribution in [3.63, 3.8) is 0 Å². The number of ether oxygens (including phenoxy) is 10. The zero-order valence-corrected chi connectivity index (χ0v) is 49.9. The number of carbonyl (C=O) groups is 2. The van der Waals surface area contributed by atoms with E-state index < -0.39 is 168 Å². The second-order valence-electron chi connectivity index (χ2n) is 21.9. The number of rotatable bonds is 29. The van der Waals surface area contributed by atoms with Crippen LogP contribution >= 0.6 is 0 Å². The number of carbonyl (C=O) groups excluding carboxylic acids is 1. The largest absolute Gasteiger partial charge is 0.479 e. The highest BCUT2D eigenvalue weighted by molar-refractivity contribution is 7.81. The van der Waals surface area contributed by atoms with Crippen molar-refractivity contribution in [2.75, 3.05) is 33.4 Å². The number of aliphatic hydroxyl groups is 3. The van der Waals surface area contributed by atoms with Crippen LogP contribution in [-0.4, -0.2) is 195 Å². The molecule has 4 aliphatic heterocycles. The number of unbranched alkanes of at least 4 members (excludes halogenated alkanes) is 2. The highest BCUT2D eigenvalue weighted by Crippen LogP contribution is 2.41. The molecule has 85 heavy (non-hydrogen) atoms. The topological polar surface area (TPSA) is 350 Å². The minimum atomic E-state index is -5.09. The molecule has 3 aromatic carbocycles. The molecule has 8 unspecified atom stereocenters. The minimum Gasteiger partial charge on any atom is -0.479 e. The maximum absolute atomic E-state index is 13.3. The molecule has 4 heterocycles. The predicted molar refractivity (Wildman–Crippen MR) is 298 cm³/mol. The van der Waals surface area contributed by atoms with Gasteiger partial charge in [0.05, 0.1) is 44.2 Å². The van der Waals surface area contributed by atoms with Gasteiger partial charge < -0.3 is 78.0 Å². The van der Waals surface area contributed by atoms with Crippen molar-refractivity contribution in [3.8, 4) is 0 Å². The normalized spacial score (nSPS) is 33.7. The van der Waals surface area contributed by atoms with Crippen molar-refractivity contribution in [2.24, 2.45) is 23.7 Å². The third kappa shape index (κ3) is 19.1. The maximum Gasteiger partial charge on any atom is 0.410 e. The number of hydrogen-bond donors (Lipinski definition) is 7. The van der Waals surface area contributed by atoms with E-state index in [1.165, 1.54) is 14.0 Å².